The zero-order valence-corrected chi connectivity index (χ0v) is 16.6. The van der Waals surface area contributed by atoms with Crippen molar-refractivity contribution in [2.45, 2.75) is 19.8 Å². The number of anilines is 1. The fraction of sp³-hybridized carbons (Fsp3) is 0.286. The van der Waals surface area contributed by atoms with Gasteiger partial charge in [-0.05, 0) is 37.3 Å². The standard InChI is InChI=1S/C21H21NO8/c1-3-27-21(25)13-4-6-16(15(10-13)22-19(23)8-9-20(24)26-2)30-14-5-7-17-18(11-14)29-12-28-17/h4-7,10-11H,3,8-9,12H2,1-2H3,(H,22,23). The van der Waals surface area contributed by atoms with Crippen molar-refractivity contribution in [1.29, 1.82) is 0 Å². The number of hydrogen-bond donors (Lipinski definition) is 1. The van der Waals surface area contributed by atoms with Gasteiger partial charge in [0, 0.05) is 12.5 Å². The highest BCUT2D eigenvalue weighted by atomic mass is 16.7. The molecule has 158 valence electrons. The lowest BCUT2D eigenvalue weighted by Gasteiger charge is -2.14. The Morgan fingerprint density at radius 2 is 1.83 bits per heavy atom. The van der Waals surface area contributed by atoms with Gasteiger partial charge in [-0.15, -0.1) is 0 Å². The van der Waals surface area contributed by atoms with Crippen molar-refractivity contribution < 1.29 is 38.1 Å². The minimum absolute atomic E-state index is 0.0712. The zero-order chi connectivity index (χ0) is 21.5. The van der Waals surface area contributed by atoms with E-state index in [1.165, 1.54) is 19.2 Å². The molecule has 1 aliphatic rings. The zero-order valence-electron chi connectivity index (χ0n) is 16.6. The van der Waals surface area contributed by atoms with E-state index in [9.17, 15) is 14.4 Å². The SMILES string of the molecule is CCOC(=O)c1ccc(Oc2ccc3c(c2)OCO3)c(NC(=O)CCC(=O)OC)c1. The van der Waals surface area contributed by atoms with E-state index in [4.69, 9.17) is 18.9 Å². The summed E-state index contributed by atoms with van der Waals surface area (Å²) in [4.78, 5) is 35.6. The first-order valence-electron chi connectivity index (χ1n) is 9.25. The normalized spacial score (nSPS) is 11.5. The summed E-state index contributed by atoms with van der Waals surface area (Å²) in [5, 5.41) is 2.66. The molecule has 9 heteroatoms. The average Bonchev–Trinajstić information content (AvgIpc) is 3.21. The number of carbonyl (C=O) groups is 3. The molecule has 1 heterocycles. The quantitative estimate of drug-likeness (QED) is 0.654. The predicted octanol–water partition coefficient (Wildman–Crippen LogP) is 3.28. The summed E-state index contributed by atoms with van der Waals surface area (Å²) in [6.45, 7) is 2.05. The molecule has 1 amide bonds. The Morgan fingerprint density at radius 3 is 2.60 bits per heavy atom. The summed E-state index contributed by atoms with van der Waals surface area (Å²) in [5.74, 6) is 0.438. The lowest BCUT2D eigenvalue weighted by molar-refractivity contribution is -0.141. The van der Waals surface area contributed by atoms with Gasteiger partial charge in [-0.3, -0.25) is 9.59 Å². The highest BCUT2D eigenvalue weighted by Crippen LogP contribution is 2.38. The minimum atomic E-state index is -0.530. The number of carbonyl (C=O) groups excluding carboxylic acids is 3. The lowest BCUT2D eigenvalue weighted by atomic mass is 10.1. The molecule has 2 aromatic rings. The highest BCUT2D eigenvalue weighted by molar-refractivity contribution is 5.97. The largest absolute Gasteiger partial charge is 0.469 e. The average molecular weight is 415 g/mol. The molecule has 0 unspecified atom stereocenters. The van der Waals surface area contributed by atoms with Crippen LogP contribution >= 0.6 is 0 Å². The molecule has 0 aliphatic carbocycles. The number of fused-ring (bicyclic) bond motifs is 1. The summed E-state index contributed by atoms with van der Waals surface area (Å²) in [5.41, 5.74) is 0.506. The van der Waals surface area contributed by atoms with Gasteiger partial charge >= 0.3 is 11.9 Å². The van der Waals surface area contributed by atoms with E-state index in [0.717, 1.165) is 0 Å². The van der Waals surface area contributed by atoms with Crippen LogP contribution in [0.3, 0.4) is 0 Å². The smallest absolute Gasteiger partial charge is 0.338 e. The number of benzene rings is 2. The van der Waals surface area contributed by atoms with Crippen molar-refractivity contribution in [3.05, 3.63) is 42.0 Å². The monoisotopic (exact) mass is 415 g/mol. The van der Waals surface area contributed by atoms with Crippen molar-refractivity contribution >= 4 is 23.5 Å². The van der Waals surface area contributed by atoms with Crippen LogP contribution < -0.4 is 19.5 Å². The number of nitrogens with one attached hydrogen (secondary N) is 1. The number of hydrogen-bond acceptors (Lipinski definition) is 8. The Kier molecular flexibility index (Phi) is 6.74. The maximum absolute atomic E-state index is 12.3. The van der Waals surface area contributed by atoms with Crippen LogP contribution in [0.25, 0.3) is 0 Å². The van der Waals surface area contributed by atoms with E-state index in [1.54, 1.807) is 31.2 Å². The fourth-order valence-corrected chi connectivity index (χ4v) is 2.66. The van der Waals surface area contributed by atoms with Crippen molar-refractivity contribution in [3.63, 3.8) is 0 Å². The third-order valence-electron chi connectivity index (χ3n) is 4.12. The molecular weight excluding hydrogens is 394 g/mol. The second kappa shape index (κ2) is 9.64. The molecule has 9 nitrogen and oxygen atoms in total. The van der Waals surface area contributed by atoms with Crippen LogP contribution in [-0.2, 0) is 19.1 Å². The van der Waals surface area contributed by atoms with Crippen molar-refractivity contribution in [3.8, 4) is 23.0 Å². The first-order chi connectivity index (χ1) is 14.5. The Bertz CT molecular complexity index is 956. The van der Waals surface area contributed by atoms with Gasteiger partial charge in [-0.2, -0.15) is 0 Å². The summed E-state index contributed by atoms with van der Waals surface area (Å²) < 4.78 is 26.0. The molecule has 0 saturated heterocycles. The van der Waals surface area contributed by atoms with Gasteiger partial charge in [-0.1, -0.05) is 0 Å². The van der Waals surface area contributed by atoms with E-state index in [1.807, 2.05) is 0 Å². The third kappa shape index (κ3) is 5.19. The third-order valence-corrected chi connectivity index (χ3v) is 4.12. The van der Waals surface area contributed by atoms with Crippen LogP contribution in [-0.4, -0.2) is 38.4 Å². The molecule has 3 rings (SSSR count). The molecule has 2 aromatic carbocycles. The second-order valence-corrected chi connectivity index (χ2v) is 6.17. The molecule has 0 radical (unpaired) electrons. The summed E-state index contributed by atoms with van der Waals surface area (Å²) >= 11 is 0. The van der Waals surface area contributed by atoms with E-state index in [2.05, 4.69) is 10.1 Å². The van der Waals surface area contributed by atoms with E-state index >= 15 is 0 Å². The summed E-state index contributed by atoms with van der Waals surface area (Å²) in [6, 6.07) is 9.59. The van der Waals surface area contributed by atoms with Crippen LogP contribution in [0.15, 0.2) is 36.4 Å². The molecule has 0 bridgehead atoms. The Labute approximate surface area is 172 Å². The molecular formula is C21H21NO8. The second-order valence-electron chi connectivity index (χ2n) is 6.17. The van der Waals surface area contributed by atoms with Crippen molar-refractivity contribution in [2.24, 2.45) is 0 Å². The van der Waals surface area contributed by atoms with Crippen molar-refractivity contribution in [2.75, 3.05) is 25.8 Å². The predicted molar refractivity (Wildman–Crippen MR) is 105 cm³/mol. The summed E-state index contributed by atoms with van der Waals surface area (Å²) in [6.07, 6.45) is -0.155. The molecule has 0 atom stereocenters. The number of rotatable bonds is 8. The highest BCUT2D eigenvalue weighted by Gasteiger charge is 2.17. The minimum Gasteiger partial charge on any atom is -0.469 e. The lowest BCUT2D eigenvalue weighted by Crippen LogP contribution is -2.15. The van der Waals surface area contributed by atoms with Crippen LogP contribution in [0.4, 0.5) is 5.69 Å². The molecule has 1 aliphatic heterocycles. The maximum Gasteiger partial charge on any atom is 0.338 e. The number of amides is 1. The molecule has 30 heavy (non-hydrogen) atoms. The number of esters is 2. The topological polar surface area (TPSA) is 109 Å². The Hall–Kier alpha value is -3.75. The number of ether oxygens (including phenoxy) is 5. The van der Waals surface area contributed by atoms with Crippen LogP contribution in [0, 0.1) is 0 Å². The van der Waals surface area contributed by atoms with Gasteiger partial charge in [0.15, 0.2) is 17.2 Å². The Balaban J connectivity index is 1.82. The van der Waals surface area contributed by atoms with Gasteiger partial charge in [0.05, 0.1) is 31.4 Å². The molecule has 0 aromatic heterocycles. The fourth-order valence-electron chi connectivity index (χ4n) is 2.66. The molecule has 0 fully saturated rings. The number of methoxy groups -OCH3 is 1. The van der Waals surface area contributed by atoms with Gasteiger partial charge in [0.25, 0.3) is 0 Å². The van der Waals surface area contributed by atoms with Gasteiger partial charge in [0.1, 0.15) is 5.75 Å². The van der Waals surface area contributed by atoms with Crippen LogP contribution in [0.2, 0.25) is 0 Å². The first kappa shape index (κ1) is 21.0. The van der Waals surface area contributed by atoms with Gasteiger partial charge < -0.3 is 29.0 Å². The maximum atomic E-state index is 12.3. The Morgan fingerprint density at radius 1 is 1.03 bits per heavy atom. The molecule has 1 N–H and O–H groups in total. The van der Waals surface area contributed by atoms with Crippen LogP contribution in [0.1, 0.15) is 30.1 Å². The molecule has 0 spiro atoms. The van der Waals surface area contributed by atoms with E-state index in [0.29, 0.717) is 23.0 Å². The van der Waals surface area contributed by atoms with E-state index < -0.39 is 17.8 Å². The van der Waals surface area contributed by atoms with Crippen LogP contribution in [0.5, 0.6) is 23.0 Å². The van der Waals surface area contributed by atoms with E-state index in [-0.39, 0.29) is 37.5 Å². The molecule has 0 saturated carbocycles. The first-order valence-corrected chi connectivity index (χ1v) is 9.25. The summed E-state index contributed by atoms with van der Waals surface area (Å²) in [7, 11) is 1.25. The van der Waals surface area contributed by atoms with Gasteiger partial charge in [0.2, 0.25) is 12.7 Å². The van der Waals surface area contributed by atoms with Gasteiger partial charge in [-0.25, -0.2) is 4.79 Å². The van der Waals surface area contributed by atoms with Crippen molar-refractivity contribution in [1.82, 2.24) is 0 Å².